The van der Waals surface area contributed by atoms with E-state index in [1.54, 1.807) is 10.6 Å². The van der Waals surface area contributed by atoms with Crippen LogP contribution in [-0.4, -0.2) is 9.55 Å². The number of aromatic nitrogens is 2. The van der Waals surface area contributed by atoms with Crippen LogP contribution >= 0.6 is 22.6 Å². The highest BCUT2D eigenvalue weighted by Gasteiger charge is 2.14. The minimum atomic E-state index is -0.358. The molecule has 0 saturated heterocycles. The summed E-state index contributed by atoms with van der Waals surface area (Å²) in [7, 11) is 0. The molecule has 18 heavy (non-hydrogen) atoms. The molecule has 0 aliphatic heterocycles. The number of para-hydroxylation sites is 2. The lowest BCUT2D eigenvalue weighted by molar-refractivity contribution is 0.637. The molecular weight excluding hydrogens is 344 g/mol. The quantitative estimate of drug-likeness (QED) is 0.682. The molecule has 1 aromatic heterocycles. The predicted molar refractivity (Wildman–Crippen MR) is 78.2 cm³/mol. The van der Waals surface area contributed by atoms with Gasteiger partial charge in [-0.25, -0.2) is 9.37 Å². The summed E-state index contributed by atoms with van der Waals surface area (Å²) >= 11 is 2.22. The molecule has 0 bridgehead atoms. The number of anilines is 1. The molecule has 1 heterocycles. The molecule has 3 rings (SSSR count). The van der Waals surface area contributed by atoms with Crippen molar-refractivity contribution >= 4 is 39.6 Å². The van der Waals surface area contributed by atoms with E-state index in [9.17, 15) is 4.39 Å². The molecule has 0 aliphatic rings. The Balaban J connectivity index is 2.40. The van der Waals surface area contributed by atoms with Gasteiger partial charge in [-0.1, -0.05) is 18.2 Å². The number of nitrogens with two attached hydrogens (primary N) is 1. The number of fused-ring (bicyclic) bond motifs is 1. The number of hydrogen-bond acceptors (Lipinski definition) is 2. The molecule has 3 nitrogen and oxygen atoms in total. The first kappa shape index (κ1) is 11.5. The lowest BCUT2D eigenvalue weighted by Gasteiger charge is -2.08. The Morgan fingerprint density at radius 2 is 1.89 bits per heavy atom. The Bertz CT molecular complexity index is 736. The second-order valence-corrected chi connectivity index (χ2v) is 5.03. The first-order chi connectivity index (χ1) is 8.68. The average molecular weight is 353 g/mol. The molecule has 0 fully saturated rings. The largest absolute Gasteiger partial charge is 0.369 e. The van der Waals surface area contributed by atoms with Gasteiger partial charge in [0.25, 0.3) is 0 Å². The summed E-state index contributed by atoms with van der Waals surface area (Å²) in [5, 5.41) is 0. The molecule has 0 radical (unpaired) electrons. The molecule has 0 saturated carbocycles. The average Bonchev–Trinajstić information content (AvgIpc) is 2.68. The SMILES string of the molecule is Nc1nc2c(F)cccc2n1-c1ccccc1I. The van der Waals surface area contributed by atoms with Gasteiger partial charge >= 0.3 is 0 Å². The van der Waals surface area contributed by atoms with Crippen molar-refractivity contribution in [1.29, 1.82) is 0 Å². The van der Waals surface area contributed by atoms with Crippen LogP contribution in [0.15, 0.2) is 42.5 Å². The number of rotatable bonds is 1. The van der Waals surface area contributed by atoms with Crippen LogP contribution < -0.4 is 5.73 Å². The van der Waals surface area contributed by atoms with E-state index in [-0.39, 0.29) is 5.82 Å². The highest BCUT2D eigenvalue weighted by Crippen LogP contribution is 2.27. The molecular formula is C13H9FIN3. The third-order valence-corrected chi connectivity index (χ3v) is 3.67. The van der Waals surface area contributed by atoms with Gasteiger partial charge in [-0.05, 0) is 46.9 Å². The van der Waals surface area contributed by atoms with Gasteiger partial charge in [0.15, 0.2) is 5.82 Å². The van der Waals surface area contributed by atoms with Crippen LogP contribution in [0.25, 0.3) is 16.7 Å². The van der Waals surface area contributed by atoms with Crippen LogP contribution in [0, 0.1) is 9.39 Å². The molecule has 0 spiro atoms. The predicted octanol–water partition coefficient (Wildman–Crippen LogP) is 3.35. The normalized spacial score (nSPS) is 11.0. The molecule has 0 unspecified atom stereocenters. The van der Waals surface area contributed by atoms with Gasteiger partial charge in [0.05, 0.1) is 11.2 Å². The number of hydrogen-bond donors (Lipinski definition) is 1. The van der Waals surface area contributed by atoms with Gasteiger partial charge in [0.2, 0.25) is 5.95 Å². The Labute approximate surface area is 117 Å². The summed E-state index contributed by atoms with van der Waals surface area (Å²) in [5.41, 5.74) is 7.79. The van der Waals surface area contributed by atoms with Crippen molar-refractivity contribution < 1.29 is 4.39 Å². The van der Waals surface area contributed by atoms with E-state index in [4.69, 9.17) is 5.73 Å². The van der Waals surface area contributed by atoms with Crippen molar-refractivity contribution in [2.24, 2.45) is 0 Å². The van der Waals surface area contributed by atoms with Crippen molar-refractivity contribution in [3.8, 4) is 5.69 Å². The summed E-state index contributed by atoms with van der Waals surface area (Å²) in [6.07, 6.45) is 0. The fraction of sp³-hybridized carbons (Fsp3) is 0. The van der Waals surface area contributed by atoms with Gasteiger partial charge in [-0.2, -0.15) is 0 Å². The Morgan fingerprint density at radius 1 is 1.11 bits per heavy atom. The number of imidazole rings is 1. The molecule has 3 aromatic rings. The van der Waals surface area contributed by atoms with E-state index in [1.807, 2.05) is 30.3 Å². The lowest BCUT2D eigenvalue weighted by Crippen LogP contribution is -2.02. The zero-order valence-electron chi connectivity index (χ0n) is 9.27. The Hall–Kier alpha value is -1.63. The van der Waals surface area contributed by atoms with Gasteiger partial charge in [0.1, 0.15) is 5.52 Å². The first-order valence-electron chi connectivity index (χ1n) is 5.36. The maximum absolute atomic E-state index is 13.7. The van der Waals surface area contributed by atoms with E-state index in [0.717, 1.165) is 9.26 Å². The second kappa shape index (κ2) is 4.24. The van der Waals surface area contributed by atoms with E-state index in [1.165, 1.54) is 6.07 Å². The van der Waals surface area contributed by atoms with Crippen molar-refractivity contribution in [3.05, 3.63) is 51.9 Å². The lowest BCUT2D eigenvalue weighted by atomic mass is 10.2. The fourth-order valence-corrected chi connectivity index (χ4v) is 2.60. The van der Waals surface area contributed by atoms with Crippen LogP contribution in [0.2, 0.25) is 0 Å². The topological polar surface area (TPSA) is 43.8 Å². The monoisotopic (exact) mass is 353 g/mol. The van der Waals surface area contributed by atoms with Gasteiger partial charge in [-0.3, -0.25) is 4.57 Å². The summed E-state index contributed by atoms with van der Waals surface area (Å²) in [4.78, 5) is 4.09. The van der Waals surface area contributed by atoms with Crippen LogP contribution in [0.5, 0.6) is 0 Å². The molecule has 90 valence electrons. The molecule has 0 aliphatic carbocycles. The molecule has 5 heteroatoms. The van der Waals surface area contributed by atoms with Crippen LogP contribution in [0.3, 0.4) is 0 Å². The number of nitrogens with zero attached hydrogens (tertiary/aromatic N) is 2. The number of benzene rings is 2. The molecule has 2 aromatic carbocycles. The first-order valence-corrected chi connectivity index (χ1v) is 6.43. The van der Waals surface area contributed by atoms with Crippen molar-refractivity contribution in [3.63, 3.8) is 0 Å². The Morgan fingerprint density at radius 3 is 2.67 bits per heavy atom. The van der Waals surface area contributed by atoms with Crippen molar-refractivity contribution in [1.82, 2.24) is 9.55 Å². The minimum absolute atomic E-state index is 0.291. The highest BCUT2D eigenvalue weighted by molar-refractivity contribution is 14.1. The Kier molecular flexibility index (Phi) is 2.70. The van der Waals surface area contributed by atoms with E-state index < -0.39 is 0 Å². The van der Waals surface area contributed by atoms with Crippen LogP contribution in [0.1, 0.15) is 0 Å². The van der Waals surface area contributed by atoms with E-state index >= 15 is 0 Å². The van der Waals surface area contributed by atoms with E-state index in [0.29, 0.717) is 17.0 Å². The smallest absolute Gasteiger partial charge is 0.206 e. The zero-order valence-corrected chi connectivity index (χ0v) is 11.4. The van der Waals surface area contributed by atoms with Crippen molar-refractivity contribution in [2.75, 3.05) is 5.73 Å². The summed E-state index contributed by atoms with van der Waals surface area (Å²) in [6, 6.07) is 12.6. The van der Waals surface area contributed by atoms with Crippen molar-refractivity contribution in [2.45, 2.75) is 0 Å². The van der Waals surface area contributed by atoms with Gasteiger partial charge in [-0.15, -0.1) is 0 Å². The van der Waals surface area contributed by atoms with E-state index in [2.05, 4.69) is 27.6 Å². The summed E-state index contributed by atoms with van der Waals surface area (Å²) in [6.45, 7) is 0. The highest BCUT2D eigenvalue weighted by atomic mass is 127. The summed E-state index contributed by atoms with van der Waals surface area (Å²) in [5.74, 6) is -0.0666. The molecule has 0 atom stereocenters. The van der Waals surface area contributed by atoms with Crippen LogP contribution in [0.4, 0.5) is 10.3 Å². The fourth-order valence-electron chi connectivity index (χ4n) is 1.97. The van der Waals surface area contributed by atoms with Gasteiger partial charge in [0, 0.05) is 3.57 Å². The molecule has 2 N–H and O–H groups in total. The van der Waals surface area contributed by atoms with Gasteiger partial charge < -0.3 is 5.73 Å². The third kappa shape index (κ3) is 1.66. The second-order valence-electron chi connectivity index (χ2n) is 3.86. The number of nitrogen functional groups attached to an aromatic ring is 1. The standard InChI is InChI=1S/C13H9FIN3/c14-8-4-3-7-11-12(8)17-13(16)18(11)10-6-2-1-5-9(10)15/h1-7H,(H2,16,17). The maximum Gasteiger partial charge on any atom is 0.206 e. The molecule has 0 amide bonds. The van der Waals surface area contributed by atoms with Crippen LogP contribution in [-0.2, 0) is 0 Å². The minimum Gasteiger partial charge on any atom is -0.369 e. The number of halogens is 2. The zero-order chi connectivity index (χ0) is 12.7. The maximum atomic E-state index is 13.7. The summed E-state index contributed by atoms with van der Waals surface area (Å²) < 4.78 is 16.5. The third-order valence-electron chi connectivity index (χ3n) is 2.76.